The summed E-state index contributed by atoms with van der Waals surface area (Å²) in [5, 5.41) is 3.45. The second-order valence-electron chi connectivity index (χ2n) is 4.39. The van der Waals surface area contributed by atoms with E-state index < -0.39 is 34.3 Å². The number of ether oxygens (including phenoxy) is 2. The van der Waals surface area contributed by atoms with Gasteiger partial charge in [-0.15, -0.1) is 0 Å². The van der Waals surface area contributed by atoms with Crippen LogP contribution in [0.3, 0.4) is 0 Å². The molecule has 1 rings (SSSR count). The normalized spacial score (nSPS) is 24.8. The number of carbonyl (C=O) groups is 2. The number of methoxy groups -OCH3 is 1. The first-order chi connectivity index (χ1) is 10.3. The van der Waals surface area contributed by atoms with Crippen LogP contribution in [0.25, 0.3) is 10.4 Å². The minimum Gasteiger partial charge on any atom is -0.466 e. The van der Waals surface area contributed by atoms with Gasteiger partial charge in [0.05, 0.1) is 19.4 Å². The number of nitrogens with zero attached hydrogens (tertiary/aromatic N) is 3. The summed E-state index contributed by atoms with van der Waals surface area (Å²) in [6, 6.07) is -1.00. The zero-order valence-electron chi connectivity index (χ0n) is 11.9. The van der Waals surface area contributed by atoms with E-state index in [0.717, 1.165) is 6.26 Å². The molecule has 0 unspecified atom stereocenters. The fourth-order valence-corrected chi connectivity index (χ4v) is 2.63. The fourth-order valence-electron chi connectivity index (χ4n) is 1.99. The summed E-state index contributed by atoms with van der Waals surface area (Å²) in [5.41, 5.74) is 8.74. The van der Waals surface area contributed by atoms with E-state index in [-0.39, 0.29) is 18.6 Å². The molecule has 0 aliphatic heterocycles. The van der Waals surface area contributed by atoms with Crippen molar-refractivity contribution in [2.24, 2.45) is 5.11 Å². The molecule has 1 aliphatic rings. The SMILES string of the molecule is COC(=O)C1=C[C@@H](OCC=O)[C@@H](OS(C)(=O)=O)[C@H](N=[N+]=[N-])C1. The molecule has 0 fully saturated rings. The van der Waals surface area contributed by atoms with Gasteiger partial charge in [-0.05, 0) is 18.0 Å². The van der Waals surface area contributed by atoms with Crippen LogP contribution in [0.15, 0.2) is 16.8 Å². The average Bonchev–Trinajstić information content (AvgIpc) is 2.45. The van der Waals surface area contributed by atoms with Gasteiger partial charge >= 0.3 is 5.97 Å². The Balaban J connectivity index is 3.20. The molecule has 0 amide bonds. The van der Waals surface area contributed by atoms with Gasteiger partial charge in [0.1, 0.15) is 25.1 Å². The summed E-state index contributed by atoms with van der Waals surface area (Å²) in [4.78, 5) is 24.7. The zero-order valence-corrected chi connectivity index (χ0v) is 12.7. The molecule has 0 aromatic carbocycles. The second-order valence-corrected chi connectivity index (χ2v) is 5.99. The van der Waals surface area contributed by atoms with Crippen molar-refractivity contribution in [3.63, 3.8) is 0 Å². The summed E-state index contributed by atoms with van der Waals surface area (Å²) in [7, 11) is -2.70. The molecule has 3 atom stereocenters. The summed E-state index contributed by atoms with van der Waals surface area (Å²) in [6.45, 7) is -0.345. The van der Waals surface area contributed by atoms with Crippen LogP contribution in [0.4, 0.5) is 0 Å². The van der Waals surface area contributed by atoms with Gasteiger partial charge in [0, 0.05) is 10.5 Å². The van der Waals surface area contributed by atoms with Crippen LogP contribution in [0.2, 0.25) is 0 Å². The number of hydrogen-bond acceptors (Lipinski definition) is 8. The van der Waals surface area contributed by atoms with E-state index in [9.17, 15) is 18.0 Å². The first-order valence-electron chi connectivity index (χ1n) is 6.09. The van der Waals surface area contributed by atoms with E-state index in [2.05, 4.69) is 14.8 Å². The molecular formula is C11H15N3O7S. The fraction of sp³-hybridized carbons (Fsp3) is 0.636. The molecule has 122 valence electrons. The molecule has 0 radical (unpaired) electrons. The van der Waals surface area contributed by atoms with Gasteiger partial charge in [0.15, 0.2) is 0 Å². The Morgan fingerprint density at radius 1 is 1.59 bits per heavy atom. The van der Waals surface area contributed by atoms with Crippen molar-refractivity contribution in [1.82, 2.24) is 0 Å². The number of rotatable bonds is 7. The van der Waals surface area contributed by atoms with Crippen LogP contribution in [0, 0.1) is 0 Å². The summed E-state index contributed by atoms with van der Waals surface area (Å²) in [5.74, 6) is -0.671. The minimum atomic E-state index is -3.87. The van der Waals surface area contributed by atoms with Crippen LogP contribution in [0.5, 0.6) is 0 Å². The third kappa shape index (κ3) is 5.11. The lowest BCUT2D eigenvalue weighted by molar-refractivity contribution is -0.136. The van der Waals surface area contributed by atoms with Crippen molar-refractivity contribution < 1.29 is 31.7 Å². The Morgan fingerprint density at radius 3 is 2.77 bits per heavy atom. The van der Waals surface area contributed by atoms with Crippen LogP contribution in [0.1, 0.15) is 6.42 Å². The van der Waals surface area contributed by atoms with Crippen LogP contribution in [-0.4, -0.2) is 58.9 Å². The number of aldehydes is 1. The monoisotopic (exact) mass is 333 g/mol. The molecule has 0 aromatic heterocycles. The Hall–Kier alpha value is -1.94. The lowest BCUT2D eigenvalue weighted by Crippen LogP contribution is -2.44. The number of hydrogen-bond donors (Lipinski definition) is 0. The molecule has 1 aliphatic carbocycles. The number of azide groups is 1. The molecule has 22 heavy (non-hydrogen) atoms. The van der Waals surface area contributed by atoms with E-state index in [1.54, 1.807) is 0 Å². The highest BCUT2D eigenvalue weighted by molar-refractivity contribution is 7.86. The van der Waals surface area contributed by atoms with Gasteiger partial charge < -0.3 is 14.3 Å². The van der Waals surface area contributed by atoms with E-state index in [1.807, 2.05) is 0 Å². The van der Waals surface area contributed by atoms with E-state index in [1.165, 1.54) is 13.2 Å². The maximum absolute atomic E-state index is 11.6. The predicted molar refractivity (Wildman–Crippen MR) is 73.2 cm³/mol. The maximum Gasteiger partial charge on any atom is 0.333 e. The molecule has 0 bridgehead atoms. The van der Waals surface area contributed by atoms with Crippen molar-refractivity contribution in [2.45, 2.75) is 24.7 Å². The highest BCUT2D eigenvalue weighted by Gasteiger charge is 2.38. The van der Waals surface area contributed by atoms with Gasteiger partial charge in [-0.2, -0.15) is 8.42 Å². The molecule has 0 saturated heterocycles. The molecule has 0 N–H and O–H groups in total. The van der Waals surface area contributed by atoms with Gasteiger partial charge in [0.2, 0.25) is 0 Å². The van der Waals surface area contributed by atoms with Gasteiger partial charge in [-0.3, -0.25) is 4.18 Å². The van der Waals surface area contributed by atoms with Crippen molar-refractivity contribution in [3.8, 4) is 0 Å². The van der Waals surface area contributed by atoms with E-state index in [4.69, 9.17) is 14.5 Å². The van der Waals surface area contributed by atoms with Crippen LogP contribution in [-0.2, 0) is 33.4 Å². The Morgan fingerprint density at radius 2 is 2.27 bits per heavy atom. The first-order valence-corrected chi connectivity index (χ1v) is 7.90. The van der Waals surface area contributed by atoms with Crippen molar-refractivity contribution >= 4 is 22.4 Å². The minimum absolute atomic E-state index is 0.0716. The summed E-state index contributed by atoms with van der Waals surface area (Å²) >= 11 is 0. The number of carbonyl (C=O) groups excluding carboxylic acids is 2. The number of esters is 1. The van der Waals surface area contributed by atoms with Crippen molar-refractivity contribution in [2.75, 3.05) is 20.0 Å². The van der Waals surface area contributed by atoms with Crippen molar-refractivity contribution in [1.29, 1.82) is 0 Å². The Bertz CT molecular complexity index is 609. The Labute approximate surface area is 126 Å². The molecule has 0 aromatic rings. The van der Waals surface area contributed by atoms with E-state index in [0.29, 0.717) is 6.29 Å². The van der Waals surface area contributed by atoms with Crippen LogP contribution >= 0.6 is 0 Å². The molecule has 11 heteroatoms. The van der Waals surface area contributed by atoms with E-state index >= 15 is 0 Å². The second kappa shape index (κ2) is 7.90. The predicted octanol–water partition coefficient (Wildman–Crippen LogP) is 0.0973. The molecular weight excluding hydrogens is 318 g/mol. The largest absolute Gasteiger partial charge is 0.466 e. The van der Waals surface area contributed by atoms with Gasteiger partial charge in [-0.1, -0.05) is 5.11 Å². The zero-order chi connectivity index (χ0) is 16.8. The highest BCUT2D eigenvalue weighted by Crippen LogP contribution is 2.28. The third-order valence-electron chi connectivity index (χ3n) is 2.79. The summed E-state index contributed by atoms with van der Waals surface area (Å²) < 4.78 is 37.3. The highest BCUT2D eigenvalue weighted by atomic mass is 32.2. The standard InChI is InChI=1S/C11H15N3O7S/c1-19-11(16)7-5-8(13-14-12)10(21-22(2,17)18)9(6-7)20-4-3-15/h3,6,8-10H,4-5H2,1-2H3/t8-,9-,10+/m1/s1. The molecule has 0 spiro atoms. The molecule has 10 nitrogen and oxygen atoms in total. The van der Waals surface area contributed by atoms with Gasteiger partial charge in [0.25, 0.3) is 10.1 Å². The first kappa shape index (κ1) is 18.1. The summed E-state index contributed by atoms with van der Waals surface area (Å²) in [6.07, 6.45) is 0.279. The molecule has 0 heterocycles. The Kier molecular flexibility index (Phi) is 6.50. The topological polar surface area (TPSA) is 145 Å². The average molecular weight is 333 g/mol. The van der Waals surface area contributed by atoms with Crippen molar-refractivity contribution in [3.05, 3.63) is 22.1 Å². The maximum atomic E-state index is 11.6. The van der Waals surface area contributed by atoms with Crippen LogP contribution < -0.4 is 0 Å². The van der Waals surface area contributed by atoms with Gasteiger partial charge in [-0.25, -0.2) is 4.79 Å². The third-order valence-corrected chi connectivity index (χ3v) is 3.36. The lowest BCUT2D eigenvalue weighted by Gasteiger charge is -2.32. The smallest absolute Gasteiger partial charge is 0.333 e. The lowest BCUT2D eigenvalue weighted by atomic mass is 9.90. The molecule has 0 saturated carbocycles. The quantitative estimate of drug-likeness (QED) is 0.160.